The molecule has 0 radical (unpaired) electrons. The van der Waals surface area contributed by atoms with Crippen molar-refractivity contribution in [3.05, 3.63) is 48.6 Å². The average molecular weight is 693 g/mol. The number of allylic oxidation sites excluding steroid dienone is 6. The maximum Gasteiger partial charge on any atom is 0.305 e. The van der Waals surface area contributed by atoms with Crippen LogP contribution in [0, 0.1) is 5.92 Å². The molecular formula is C41H72O8. The molecule has 0 unspecified atom stereocenters. The molecule has 0 aliphatic rings. The van der Waals surface area contributed by atoms with E-state index in [2.05, 4.69) is 20.8 Å². The minimum atomic E-state index is -1.09. The van der Waals surface area contributed by atoms with Crippen molar-refractivity contribution in [2.45, 2.75) is 180 Å². The molecule has 8 nitrogen and oxygen atoms in total. The highest BCUT2D eigenvalue weighted by Crippen LogP contribution is 2.15. The van der Waals surface area contributed by atoms with E-state index in [-0.39, 0.29) is 32.0 Å². The van der Waals surface area contributed by atoms with Crippen LogP contribution < -0.4 is 0 Å². The Hall–Kier alpha value is -2.26. The molecule has 0 bridgehead atoms. The van der Waals surface area contributed by atoms with Gasteiger partial charge in [-0.2, -0.15) is 0 Å². The first-order chi connectivity index (χ1) is 23.6. The summed E-state index contributed by atoms with van der Waals surface area (Å²) in [7, 11) is 0. The zero-order valence-corrected chi connectivity index (χ0v) is 31.2. The van der Waals surface area contributed by atoms with Gasteiger partial charge >= 0.3 is 11.9 Å². The number of aliphatic hydroxyl groups excluding tert-OH is 4. The molecule has 8 heteroatoms. The topological polar surface area (TPSA) is 134 Å². The zero-order valence-electron chi connectivity index (χ0n) is 31.2. The standard InChI is InChI=1S/C41H72O8/c1-4-5-20-27-36(42)28-22-17-14-15-18-23-29-38(44)39(45)30-25-32-41(47)49-34-37(43)33-48-40(46)31-24-19-13-11-9-7-6-8-10-12-16-21-26-35(2)3/h14-15,17-18,22-23,28-29,35-39,42-45H,4-13,16,19-21,24-27,30-34H2,1-3H3/b17-14-,18-15+,28-22+,29-23+/t36-,37+,38-,39-/m1/s1. The van der Waals surface area contributed by atoms with Gasteiger partial charge in [0.25, 0.3) is 0 Å². The van der Waals surface area contributed by atoms with Crippen LogP contribution in [0.4, 0.5) is 0 Å². The van der Waals surface area contributed by atoms with E-state index in [0.29, 0.717) is 12.8 Å². The minimum absolute atomic E-state index is 0.0318. The van der Waals surface area contributed by atoms with Crippen molar-refractivity contribution in [3.63, 3.8) is 0 Å². The maximum absolute atomic E-state index is 12.0. The predicted molar refractivity (Wildman–Crippen MR) is 200 cm³/mol. The van der Waals surface area contributed by atoms with Crippen LogP contribution >= 0.6 is 0 Å². The van der Waals surface area contributed by atoms with Crippen molar-refractivity contribution < 1.29 is 39.5 Å². The van der Waals surface area contributed by atoms with E-state index in [9.17, 15) is 30.0 Å². The van der Waals surface area contributed by atoms with Crippen molar-refractivity contribution in [2.75, 3.05) is 13.2 Å². The van der Waals surface area contributed by atoms with Crippen LogP contribution in [-0.2, 0) is 19.1 Å². The Morgan fingerprint density at radius 2 is 0.980 bits per heavy atom. The SMILES string of the molecule is CCCCC[C@@H](O)/C=C/C=C\C=C\C=C\[C@@H](O)[C@H](O)CCCC(=O)OC[C@@H](O)COC(=O)CCCCCCCCCCCCCCC(C)C. The molecule has 0 aromatic carbocycles. The van der Waals surface area contributed by atoms with E-state index < -0.39 is 30.4 Å². The second kappa shape index (κ2) is 34.2. The number of unbranched alkanes of at least 4 members (excludes halogenated alkanes) is 13. The van der Waals surface area contributed by atoms with Crippen molar-refractivity contribution >= 4 is 11.9 Å². The fraction of sp³-hybridized carbons (Fsp3) is 0.756. The zero-order chi connectivity index (χ0) is 36.4. The molecule has 0 heterocycles. The summed E-state index contributed by atoms with van der Waals surface area (Å²) in [4.78, 5) is 24.0. The Morgan fingerprint density at radius 1 is 0.531 bits per heavy atom. The number of esters is 2. The molecule has 0 saturated carbocycles. The lowest BCUT2D eigenvalue weighted by Crippen LogP contribution is -2.26. The minimum Gasteiger partial charge on any atom is -0.463 e. The first-order valence-electron chi connectivity index (χ1n) is 19.4. The molecule has 4 atom stereocenters. The molecule has 4 N–H and O–H groups in total. The Labute approximate surface area is 298 Å². The van der Waals surface area contributed by atoms with Gasteiger partial charge in [0.2, 0.25) is 0 Å². The van der Waals surface area contributed by atoms with Gasteiger partial charge in [0, 0.05) is 12.8 Å². The highest BCUT2D eigenvalue weighted by Gasteiger charge is 2.15. The summed E-state index contributed by atoms with van der Waals surface area (Å²) in [6.45, 7) is 6.23. The predicted octanol–water partition coefficient (Wildman–Crippen LogP) is 8.61. The summed E-state index contributed by atoms with van der Waals surface area (Å²) in [5, 5.41) is 40.1. The molecular weight excluding hydrogens is 620 g/mol. The average Bonchev–Trinajstić information content (AvgIpc) is 3.07. The number of carbonyl (C=O) groups is 2. The molecule has 0 aromatic rings. The second-order valence-corrected chi connectivity index (χ2v) is 13.7. The van der Waals surface area contributed by atoms with Gasteiger partial charge in [-0.3, -0.25) is 9.59 Å². The van der Waals surface area contributed by atoms with Gasteiger partial charge in [0.05, 0.1) is 18.3 Å². The quantitative estimate of drug-likeness (QED) is 0.0305. The van der Waals surface area contributed by atoms with Gasteiger partial charge in [-0.25, -0.2) is 0 Å². The van der Waals surface area contributed by atoms with Gasteiger partial charge in [0.1, 0.15) is 19.3 Å². The van der Waals surface area contributed by atoms with Crippen LogP contribution in [0.2, 0.25) is 0 Å². The van der Waals surface area contributed by atoms with E-state index in [1.54, 1.807) is 36.5 Å². The Morgan fingerprint density at radius 3 is 1.51 bits per heavy atom. The molecule has 0 aromatic heterocycles. The summed E-state index contributed by atoms with van der Waals surface area (Å²) in [6, 6.07) is 0. The number of aliphatic hydroxyl groups is 4. The highest BCUT2D eigenvalue weighted by atomic mass is 16.6. The number of rotatable bonds is 33. The fourth-order valence-corrected chi connectivity index (χ4v) is 5.24. The van der Waals surface area contributed by atoms with Gasteiger partial charge in [-0.05, 0) is 31.6 Å². The molecule has 49 heavy (non-hydrogen) atoms. The van der Waals surface area contributed by atoms with Gasteiger partial charge < -0.3 is 29.9 Å². The third-order valence-corrected chi connectivity index (χ3v) is 8.36. The van der Waals surface area contributed by atoms with Crippen molar-refractivity contribution in [1.82, 2.24) is 0 Å². The van der Waals surface area contributed by atoms with Crippen LogP contribution in [0.25, 0.3) is 0 Å². The molecule has 0 rings (SSSR count). The van der Waals surface area contributed by atoms with Crippen LogP contribution in [-0.4, -0.2) is 70.0 Å². The molecule has 0 amide bonds. The molecule has 0 fully saturated rings. The summed E-state index contributed by atoms with van der Waals surface area (Å²) in [5.41, 5.74) is 0. The molecule has 0 saturated heterocycles. The maximum atomic E-state index is 12.0. The summed E-state index contributed by atoms with van der Waals surface area (Å²) in [6.07, 6.45) is 31.1. The van der Waals surface area contributed by atoms with E-state index in [1.807, 2.05) is 6.08 Å². The van der Waals surface area contributed by atoms with Crippen LogP contribution in [0.3, 0.4) is 0 Å². The molecule has 284 valence electrons. The van der Waals surface area contributed by atoms with E-state index in [1.165, 1.54) is 70.3 Å². The van der Waals surface area contributed by atoms with Crippen molar-refractivity contribution in [3.8, 4) is 0 Å². The first kappa shape index (κ1) is 46.7. The molecule has 0 aliphatic heterocycles. The Kier molecular flexibility index (Phi) is 32.6. The van der Waals surface area contributed by atoms with E-state index in [0.717, 1.165) is 50.9 Å². The van der Waals surface area contributed by atoms with Gasteiger partial charge in [-0.1, -0.05) is 166 Å². The number of ether oxygens (including phenoxy) is 2. The van der Waals surface area contributed by atoms with Crippen LogP contribution in [0.15, 0.2) is 48.6 Å². The smallest absolute Gasteiger partial charge is 0.305 e. The van der Waals surface area contributed by atoms with Crippen LogP contribution in [0.5, 0.6) is 0 Å². The lowest BCUT2D eigenvalue weighted by atomic mass is 10.0. The summed E-state index contributed by atoms with van der Waals surface area (Å²) in [5.74, 6) is -0.0606. The van der Waals surface area contributed by atoms with Gasteiger partial charge in [-0.15, -0.1) is 0 Å². The number of hydrogen-bond acceptors (Lipinski definition) is 8. The van der Waals surface area contributed by atoms with Crippen molar-refractivity contribution in [2.24, 2.45) is 5.92 Å². The van der Waals surface area contributed by atoms with E-state index >= 15 is 0 Å². The van der Waals surface area contributed by atoms with Crippen molar-refractivity contribution in [1.29, 1.82) is 0 Å². The first-order valence-corrected chi connectivity index (χ1v) is 19.4. The normalized spacial score (nSPS) is 14.8. The Balaban J connectivity index is 3.78. The monoisotopic (exact) mass is 693 g/mol. The second-order valence-electron chi connectivity index (χ2n) is 13.7. The van der Waals surface area contributed by atoms with Crippen LogP contribution in [0.1, 0.15) is 156 Å². The summed E-state index contributed by atoms with van der Waals surface area (Å²) >= 11 is 0. The Bertz CT molecular complexity index is 894. The number of hydrogen-bond donors (Lipinski definition) is 4. The largest absolute Gasteiger partial charge is 0.463 e. The van der Waals surface area contributed by atoms with E-state index in [4.69, 9.17) is 9.47 Å². The summed E-state index contributed by atoms with van der Waals surface area (Å²) < 4.78 is 10.2. The number of carbonyl (C=O) groups excluding carboxylic acids is 2. The lowest BCUT2D eigenvalue weighted by Gasteiger charge is -2.14. The molecule has 0 aliphatic carbocycles. The third-order valence-electron chi connectivity index (χ3n) is 8.36. The van der Waals surface area contributed by atoms with Gasteiger partial charge in [0.15, 0.2) is 0 Å². The highest BCUT2D eigenvalue weighted by molar-refractivity contribution is 5.69. The fourth-order valence-electron chi connectivity index (χ4n) is 5.24. The third kappa shape index (κ3) is 34.0. The molecule has 0 spiro atoms. The lowest BCUT2D eigenvalue weighted by molar-refractivity contribution is -0.152.